The van der Waals surface area contributed by atoms with Gasteiger partial charge in [-0.05, 0) is 66.4 Å². The third kappa shape index (κ3) is 7.00. The van der Waals surface area contributed by atoms with Gasteiger partial charge in [-0.15, -0.1) is 0 Å². The maximum atomic E-state index is 2.90. The molecule has 0 aromatic rings. The van der Waals surface area contributed by atoms with E-state index in [1.165, 1.54) is 30.3 Å². The number of fused-ring (bicyclic) bond motifs is 3. The molecule has 0 amide bonds. The van der Waals surface area contributed by atoms with Gasteiger partial charge in [0.1, 0.15) is 0 Å². The molecular formula is C30H62HfSi2. The van der Waals surface area contributed by atoms with Crippen LogP contribution in [0.25, 0.3) is 0 Å². The van der Waals surface area contributed by atoms with Gasteiger partial charge in [0.25, 0.3) is 0 Å². The van der Waals surface area contributed by atoms with Crippen molar-refractivity contribution in [2.45, 2.75) is 134 Å². The Morgan fingerprint density at radius 2 is 1.27 bits per heavy atom. The second-order valence-corrected chi connectivity index (χ2v) is 28.9. The first-order valence-corrected chi connectivity index (χ1v) is 20.5. The monoisotopic (exact) mass is 658 g/mol. The summed E-state index contributed by atoms with van der Waals surface area (Å²) in [6.07, 6.45) is 22.0. The molecule has 4 aliphatic carbocycles. The second-order valence-electron chi connectivity index (χ2n) is 12.8. The van der Waals surface area contributed by atoms with Crippen molar-refractivity contribution < 1.29 is 25.8 Å². The molecule has 194 valence electrons. The molecule has 0 nitrogen and oxygen atoms in total. The first kappa shape index (κ1) is 36.5. The van der Waals surface area contributed by atoms with Crippen molar-refractivity contribution in [2.75, 3.05) is 0 Å². The molecule has 0 radical (unpaired) electrons. The fourth-order valence-corrected chi connectivity index (χ4v) is 23.1. The van der Waals surface area contributed by atoms with Gasteiger partial charge in [-0.2, -0.15) is 0 Å². The molecule has 7 atom stereocenters. The third-order valence-corrected chi connectivity index (χ3v) is 32.1. The minimum atomic E-state index is -1.15. The minimum absolute atomic E-state index is 0. The van der Waals surface area contributed by atoms with Crippen LogP contribution < -0.4 is 0 Å². The van der Waals surface area contributed by atoms with E-state index in [0.717, 1.165) is 29.6 Å². The summed E-state index contributed by atoms with van der Waals surface area (Å²) < 4.78 is 0. The molecular weight excluding hydrogens is 595 g/mol. The SMILES string of the molecule is CCCCC1CCC([Si](C)(C)[Si](C)(C)C2CCC3C4CCCCC4CCC32)C1.[CH3-].[CH3-].[CH3-].[CH3-].[Hf+4]. The van der Waals surface area contributed by atoms with Crippen molar-refractivity contribution in [1.29, 1.82) is 0 Å². The minimum Gasteiger partial charge on any atom is -0.358 e. The molecule has 0 saturated heterocycles. The summed E-state index contributed by atoms with van der Waals surface area (Å²) in [7, 11) is -2.27. The van der Waals surface area contributed by atoms with E-state index in [2.05, 4.69) is 33.1 Å². The van der Waals surface area contributed by atoms with E-state index in [1.54, 1.807) is 70.6 Å². The van der Waals surface area contributed by atoms with Gasteiger partial charge in [0, 0.05) is 15.2 Å². The van der Waals surface area contributed by atoms with Gasteiger partial charge in [0.2, 0.25) is 0 Å². The van der Waals surface area contributed by atoms with Gasteiger partial charge in [-0.3, -0.25) is 0 Å². The summed E-state index contributed by atoms with van der Waals surface area (Å²) in [4.78, 5) is 0. The molecule has 0 aliphatic heterocycles. The Morgan fingerprint density at radius 1 is 0.636 bits per heavy atom. The van der Waals surface area contributed by atoms with Gasteiger partial charge in [0.05, 0.1) is 0 Å². The first-order valence-electron chi connectivity index (χ1n) is 13.4. The van der Waals surface area contributed by atoms with Crippen LogP contribution >= 0.6 is 0 Å². The van der Waals surface area contributed by atoms with E-state index in [4.69, 9.17) is 0 Å². The Kier molecular flexibility index (Phi) is 16.5. The van der Waals surface area contributed by atoms with E-state index in [-0.39, 0.29) is 55.5 Å². The summed E-state index contributed by atoms with van der Waals surface area (Å²) in [6.45, 7) is 13.9. The molecule has 4 aliphatic rings. The Labute approximate surface area is 233 Å². The third-order valence-electron chi connectivity index (χ3n) is 11.4. The zero-order valence-corrected chi connectivity index (χ0v) is 30.0. The van der Waals surface area contributed by atoms with Gasteiger partial charge in [-0.1, -0.05) is 97.3 Å². The smallest absolute Gasteiger partial charge is 0.358 e. The number of hydrogen-bond donors (Lipinski definition) is 0. The maximum absolute atomic E-state index is 2.90. The standard InChI is InChI=1S/C26H50Si2.4CH3.Hf/c1-6-7-10-20-13-15-22(19-20)27(2,3)28(4,5)26-18-17-24-23-12-9-8-11-21(23)14-16-25(24)26;;;;;/h20-26H,6-19H2,1-5H3;4*1H3;/q;4*-1;+4. The molecule has 7 unspecified atom stereocenters. The first-order chi connectivity index (χ1) is 13.4. The molecule has 33 heavy (non-hydrogen) atoms. The van der Waals surface area contributed by atoms with Crippen LogP contribution in [-0.2, 0) is 25.8 Å². The maximum Gasteiger partial charge on any atom is 4.00 e. The fraction of sp³-hybridized carbons (Fsp3) is 0.867. The van der Waals surface area contributed by atoms with Crippen molar-refractivity contribution in [3.05, 3.63) is 29.7 Å². The van der Waals surface area contributed by atoms with Crippen LogP contribution in [0.3, 0.4) is 0 Å². The number of rotatable bonds is 6. The predicted octanol–water partition coefficient (Wildman–Crippen LogP) is 10.6. The summed E-state index contributed by atoms with van der Waals surface area (Å²) in [5.41, 5.74) is 2.36. The van der Waals surface area contributed by atoms with E-state index >= 15 is 0 Å². The normalized spacial score (nSPS) is 35.4. The van der Waals surface area contributed by atoms with Crippen LogP contribution in [0, 0.1) is 59.3 Å². The Bertz CT molecular complexity index is 531. The van der Waals surface area contributed by atoms with Crippen molar-refractivity contribution in [3.8, 4) is 0 Å². The van der Waals surface area contributed by atoms with Crippen molar-refractivity contribution in [1.82, 2.24) is 0 Å². The predicted molar refractivity (Wildman–Crippen MR) is 156 cm³/mol. The molecule has 4 fully saturated rings. The molecule has 0 bridgehead atoms. The van der Waals surface area contributed by atoms with Crippen molar-refractivity contribution >= 4 is 15.2 Å². The van der Waals surface area contributed by atoms with E-state index < -0.39 is 15.2 Å². The van der Waals surface area contributed by atoms with Gasteiger partial charge in [-0.25, -0.2) is 0 Å². The Hall–Kier alpha value is 1.30. The number of hydrogen-bond acceptors (Lipinski definition) is 0. The van der Waals surface area contributed by atoms with Gasteiger partial charge in [0.15, 0.2) is 0 Å². The van der Waals surface area contributed by atoms with Crippen molar-refractivity contribution in [3.63, 3.8) is 0 Å². The average Bonchev–Trinajstić information content (AvgIpc) is 3.33. The number of unbranched alkanes of at least 4 members (excludes halogenated alkanes) is 1. The summed E-state index contributed by atoms with van der Waals surface area (Å²) >= 11 is 0. The molecule has 0 N–H and O–H groups in total. The van der Waals surface area contributed by atoms with Crippen molar-refractivity contribution in [2.24, 2.45) is 29.6 Å². The molecule has 0 aromatic carbocycles. The Morgan fingerprint density at radius 3 is 1.94 bits per heavy atom. The topological polar surface area (TPSA) is 0 Å². The quantitative estimate of drug-likeness (QED) is 0.197. The van der Waals surface area contributed by atoms with Crippen LogP contribution in [0.1, 0.15) is 96.8 Å². The fourth-order valence-electron chi connectivity index (χ4n) is 9.00. The van der Waals surface area contributed by atoms with E-state index in [1.807, 2.05) is 0 Å². The summed E-state index contributed by atoms with van der Waals surface area (Å²) in [6, 6.07) is 0. The van der Waals surface area contributed by atoms with Gasteiger partial charge < -0.3 is 29.7 Å². The summed E-state index contributed by atoms with van der Waals surface area (Å²) in [5.74, 6) is 5.69. The summed E-state index contributed by atoms with van der Waals surface area (Å²) in [5, 5.41) is 0. The zero-order chi connectivity index (χ0) is 19.9. The molecule has 0 aromatic heterocycles. The largest absolute Gasteiger partial charge is 4.00 e. The van der Waals surface area contributed by atoms with Crippen LogP contribution in [0.5, 0.6) is 0 Å². The van der Waals surface area contributed by atoms with E-state index in [9.17, 15) is 0 Å². The zero-order valence-electron chi connectivity index (χ0n) is 24.4. The second kappa shape index (κ2) is 14.9. The molecule has 4 rings (SSSR count). The average molecular weight is 657 g/mol. The van der Waals surface area contributed by atoms with Crippen LogP contribution in [0.4, 0.5) is 0 Å². The molecule has 0 heterocycles. The van der Waals surface area contributed by atoms with Gasteiger partial charge >= 0.3 is 25.8 Å². The van der Waals surface area contributed by atoms with Crippen LogP contribution in [0.2, 0.25) is 37.3 Å². The van der Waals surface area contributed by atoms with Crippen LogP contribution in [0.15, 0.2) is 0 Å². The molecule has 4 saturated carbocycles. The Balaban J connectivity index is 0. The molecule has 0 spiro atoms. The van der Waals surface area contributed by atoms with Crippen LogP contribution in [-0.4, -0.2) is 15.2 Å². The molecule has 3 heteroatoms. The van der Waals surface area contributed by atoms with E-state index in [0.29, 0.717) is 0 Å².